The van der Waals surface area contributed by atoms with Crippen LogP contribution in [0.1, 0.15) is 5.69 Å². The van der Waals surface area contributed by atoms with Crippen molar-refractivity contribution in [3.63, 3.8) is 0 Å². The van der Waals surface area contributed by atoms with Crippen molar-refractivity contribution >= 4 is 17.7 Å². The van der Waals surface area contributed by atoms with Crippen LogP contribution in [0.3, 0.4) is 0 Å². The predicted molar refractivity (Wildman–Crippen MR) is 76.4 cm³/mol. The zero-order chi connectivity index (χ0) is 14.8. The van der Waals surface area contributed by atoms with Crippen molar-refractivity contribution in [1.82, 2.24) is 39.5 Å². The summed E-state index contributed by atoms with van der Waals surface area (Å²) >= 11 is 1.41. The van der Waals surface area contributed by atoms with E-state index in [-0.39, 0.29) is 0 Å². The van der Waals surface area contributed by atoms with Gasteiger partial charge in [0.15, 0.2) is 0 Å². The molecule has 108 valence electrons. The van der Waals surface area contributed by atoms with Gasteiger partial charge in [0, 0.05) is 14.1 Å². The second-order valence-corrected chi connectivity index (χ2v) is 5.17. The van der Waals surface area contributed by atoms with Crippen LogP contribution in [0.4, 0.5) is 5.95 Å². The highest BCUT2D eigenvalue weighted by Gasteiger charge is 2.12. The maximum absolute atomic E-state index is 4.39. The third-order valence-electron chi connectivity index (χ3n) is 2.61. The Kier molecular flexibility index (Phi) is 3.52. The average molecular weight is 303 g/mol. The molecule has 0 fully saturated rings. The van der Waals surface area contributed by atoms with E-state index < -0.39 is 0 Å². The summed E-state index contributed by atoms with van der Waals surface area (Å²) in [5.41, 5.74) is 0.944. The summed E-state index contributed by atoms with van der Waals surface area (Å²) in [5, 5.41) is 12.8. The maximum Gasteiger partial charge on any atom is 0.257 e. The number of nitrogens with one attached hydrogen (secondary N) is 1. The summed E-state index contributed by atoms with van der Waals surface area (Å²) in [6, 6.07) is 1.97. The Morgan fingerprint density at radius 3 is 2.71 bits per heavy atom. The zero-order valence-corrected chi connectivity index (χ0v) is 12.5. The van der Waals surface area contributed by atoms with Gasteiger partial charge in [0.1, 0.15) is 17.7 Å². The molecule has 0 spiro atoms. The van der Waals surface area contributed by atoms with Gasteiger partial charge in [-0.15, -0.1) is 0 Å². The quantitative estimate of drug-likeness (QED) is 0.751. The van der Waals surface area contributed by atoms with Crippen molar-refractivity contribution in [3.8, 4) is 5.95 Å². The zero-order valence-electron chi connectivity index (χ0n) is 11.7. The van der Waals surface area contributed by atoms with Crippen LogP contribution in [0.2, 0.25) is 0 Å². The van der Waals surface area contributed by atoms with Gasteiger partial charge in [0.05, 0.1) is 5.69 Å². The number of rotatable bonds is 4. The molecule has 0 aliphatic heterocycles. The lowest BCUT2D eigenvalue weighted by atomic mass is 10.5. The first-order chi connectivity index (χ1) is 10.2. The van der Waals surface area contributed by atoms with E-state index >= 15 is 0 Å². The molecule has 0 saturated carbocycles. The van der Waals surface area contributed by atoms with Gasteiger partial charge in [-0.1, -0.05) is 0 Å². The third kappa shape index (κ3) is 2.84. The van der Waals surface area contributed by atoms with E-state index in [1.165, 1.54) is 29.1 Å². The van der Waals surface area contributed by atoms with E-state index in [9.17, 15) is 0 Å². The molecule has 0 aliphatic rings. The molecule has 3 heterocycles. The molecule has 0 atom stereocenters. The predicted octanol–water partition coefficient (Wildman–Crippen LogP) is 0.687. The van der Waals surface area contributed by atoms with E-state index in [0.29, 0.717) is 17.1 Å². The highest BCUT2D eigenvalue weighted by Crippen LogP contribution is 2.25. The molecule has 0 amide bonds. The van der Waals surface area contributed by atoms with Gasteiger partial charge in [-0.05, 0) is 24.8 Å². The van der Waals surface area contributed by atoms with E-state index in [1.807, 2.05) is 20.0 Å². The second-order valence-electron chi connectivity index (χ2n) is 4.18. The Morgan fingerprint density at radius 2 is 2.10 bits per heavy atom. The van der Waals surface area contributed by atoms with Crippen molar-refractivity contribution in [2.45, 2.75) is 17.1 Å². The van der Waals surface area contributed by atoms with Gasteiger partial charge in [0.2, 0.25) is 11.1 Å². The average Bonchev–Trinajstić information content (AvgIpc) is 3.09. The largest absolute Gasteiger partial charge is 0.357 e. The Morgan fingerprint density at radius 1 is 1.24 bits per heavy atom. The molecule has 10 heteroatoms. The molecule has 1 N–H and O–H groups in total. The standard InChI is InChI=1S/C11H13N9S/c1-7-4-8(19(3)18-7)21-11-16-9(12-2)15-10(17-11)20-6-13-5-14-20/h4-6H,1-3H3,(H,12,15,16,17). The van der Waals surface area contributed by atoms with Crippen LogP contribution >= 0.6 is 11.8 Å². The van der Waals surface area contributed by atoms with Crippen LogP contribution in [-0.2, 0) is 7.05 Å². The summed E-state index contributed by atoms with van der Waals surface area (Å²) in [5.74, 6) is 0.880. The molecule has 0 radical (unpaired) electrons. The number of hydrogen-bond donors (Lipinski definition) is 1. The first-order valence-electron chi connectivity index (χ1n) is 6.13. The number of hydrogen-bond acceptors (Lipinski definition) is 8. The van der Waals surface area contributed by atoms with E-state index in [1.54, 1.807) is 11.7 Å². The van der Waals surface area contributed by atoms with Crippen LogP contribution < -0.4 is 5.32 Å². The minimum absolute atomic E-state index is 0.410. The number of anilines is 1. The molecule has 3 aromatic rings. The lowest BCUT2D eigenvalue weighted by molar-refractivity contribution is 0.689. The minimum Gasteiger partial charge on any atom is -0.357 e. The van der Waals surface area contributed by atoms with Crippen LogP contribution in [0.25, 0.3) is 5.95 Å². The van der Waals surface area contributed by atoms with E-state index in [0.717, 1.165) is 10.7 Å². The van der Waals surface area contributed by atoms with Gasteiger partial charge in [-0.3, -0.25) is 4.68 Å². The van der Waals surface area contributed by atoms with Crippen molar-refractivity contribution in [2.24, 2.45) is 7.05 Å². The molecule has 0 bridgehead atoms. The van der Waals surface area contributed by atoms with Crippen molar-refractivity contribution < 1.29 is 0 Å². The topological polar surface area (TPSA) is 99.2 Å². The first kappa shape index (κ1) is 13.5. The molecule has 3 rings (SSSR count). The van der Waals surface area contributed by atoms with Gasteiger partial charge < -0.3 is 5.32 Å². The highest BCUT2D eigenvalue weighted by atomic mass is 32.2. The van der Waals surface area contributed by atoms with Crippen molar-refractivity contribution in [3.05, 3.63) is 24.4 Å². The molecule has 9 nitrogen and oxygen atoms in total. The molecule has 0 aliphatic carbocycles. The molecular formula is C11H13N9S. The normalized spacial score (nSPS) is 10.8. The lowest BCUT2D eigenvalue weighted by Gasteiger charge is -2.05. The first-order valence-corrected chi connectivity index (χ1v) is 6.94. The van der Waals surface area contributed by atoms with Gasteiger partial charge >= 0.3 is 0 Å². The van der Waals surface area contributed by atoms with Gasteiger partial charge in [-0.25, -0.2) is 4.98 Å². The summed E-state index contributed by atoms with van der Waals surface area (Å²) in [6.45, 7) is 1.94. The molecule has 21 heavy (non-hydrogen) atoms. The van der Waals surface area contributed by atoms with Crippen LogP contribution in [0.5, 0.6) is 0 Å². The number of aryl methyl sites for hydroxylation is 2. The van der Waals surface area contributed by atoms with Gasteiger partial charge in [0.25, 0.3) is 5.95 Å². The fraction of sp³-hybridized carbons (Fsp3) is 0.273. The van der Waals surface area contributed by atoms with Crippen molar-refractivity contribution in [2.75, 3.05) is 12.4 Å². The smallest absolute Gasteiger partial charge is 0.257 e. The molecule has 0 saturated heterocycles. The third-order valence-corrected chi connectivity index (χ3v) is 3.56. The molecule has 3 aromatic heterocycles. The SMILES string of the molecule is CNc1nc(Sc2cc(C)nn2C)nc(-n2cncn2)n1. The lowest BCUT2D eigenvalue weighted by Crippen LogP contribution is -2.08. The van der Waals surface area contributed by atoms with Crippen LogP contribution in [0, 0.1) is 6.92 Å². The summed E-state index contributed by atoms with van der Waals surface area (Å²) < 4.78 is 3.28. The number of aromatic nitrogens is 8. The Labute approximate surface area is 124 Å². The minimum atomic E-state index is 0.410. The highest BCUT2D eigenvalue weighted by molar-refractivity contribution is 7.99. The molecular weight excluding hydrogens is 290 g/mol. The second kappa shape index (κ2) is 5.48. The van der Waals surface area contributed by atoms with Gasteiger partial charge in [-0.2, -0.15) is 29.8 Å². The van der Waals surface area contributed by atoms with Crippen molar-refractivity contribution in [1.29, 1.82) is 0 Å². The molecule has 0 unspecified atom stereocenters. The Balaban J connectivity index is 1.98. The Bertz CT molecular complexity index is 749. The maximum atomic E-state index is 4.39. The van der Waals surface area contributed by atoms with E-state index in [4.69, 9.17) is 0 Å². The number of nitrogens with zero attached hydrogens (tertiary/aromatic N) is 8. The summed E-state index contributed by atoms with van der Waals surface area (Å²) in [6.07, 6.45) is 2.97. The fourth-order valence-corrected chi connectivity index (χ4v) is 2.54. The monoisotopic (exact) mass is 303 g/mol. The fourth-order valence-electron chi connectivity index (χ4n) is 1.69. The Hall–Kier alpha value is -2.49. The van der Waals surface area contributed by atoms with Crippen LogP contribution in [-0.4, -0.2) is 46.5 Å². The summed E-state index contributed by atoms with van der Waals surface area (Å²) in [7, 11) is 3.64. The molecule has 0 aromatic carbocycles. The van der Waals surface area contributed by atoms with Crippen LogP contribution in [0.15, 0.2) is 28.9 Å². The summed E-state index contributed by atoms with van der Waals surface area (Å²) in [4.78, 5) is 16.9. The van der Waals surface area contributed by atoms with E-state index in [2.05, 4.69) is 35.5 Å².